The van der Waals surface area contributed by atoms with Gasteiger partial charge in [0.15, 0.2) is 10.6 Å². The number of hydrogen-bond acceptors (Lipinski definition) is 6. The molecule has 0 aliphatic carbocycles. The first-order chi connectivity index (χ1) is 21.7. The van der Waals surface area contributed by atoms with Crippen LogP contribution in [0.4, 0.5) is 0 Å². The van der Waals surface area contributed by atoms with Crippen molar-refractivity contribution in [3.63, 3.8) is 0 Å². The summed E-state index contributed by atoms with van der Waals surface area (Å²) < 4.78 is 3.97. The Labute approximate surface area is 266 Å². The summed E-state index contributed by atoms with van der Waals surface area (Å²) in [5.74, 6) is -0.710. The van der Waals surface area contributed by atoms with Gasteiger partial charge in [-0.1, -0.05) is 68.8 Å². The number of H-pyrrole nitrogens is 1. The van der Waals surface area contributed by atoms with Gasteiger partial charge in [0, 0.05) is 24.1 Å². The minimum Gasteiger partial charge on any atom is -0.344 e. The summed E-state index contributed by atoms with van der Waals surface area (Å²) in [4.78, 5) is 45.8. The lowest BCUT2D eigenvalue weighted by molar-refractivity contribution is -0.125. The fraction of sp³-hybridized carbons (Fsp3) is 0.294. The number of hydrogen-bond donors (Lipinski definition) is 3. The first-order valence-corrected chi connectivity index (χ1v) is 15.5. The van der Waals surface area contributed by atoms with E-state index in [1.807, 2.05) is 88.4 Å². The van der Waals surface area contributed by atoms with Crippen molar-refractivity contribution in [1.82, 2.24) is 34.9 Å². The summed E-state index contributed by atoms with van der Waals surface area (Å²) in [6.45, 7) is 8.13. The smallest absolute Gasteiger partial charge is 0.257 e. The number of benzene rings is 2. The Morgan fingerprint density at radius 2 is 1.67 bits per heavy atom. The lowest BCUT2D eigenvalue weighted by Crippen LogP contribution is -2.52. The van der Waals surface area contributed by atoms with Crippen LogP contribution in [0, 0.1) is 17.6 Å². The molecule has 0 saturated carbocycles. The zero-order valence-corrected chi connectivity index (χ0v) is 26.6. The third-order valence-corrected chi connectivity index (χ3v) is 8.33. The molecule has 2 amide bonds. The third kappa shape index (κ3) is 6.78. The van der Waals surface area contributed by atoms with Crippen molar-refractivity contribution >= 4 is 35.1 Å². The van der Waals surface area contributed by atoms with Crippen LogP contribution in [0.5, 0.6) is 0 Å². The maximum Gasteiger partial charge on any atom is 0.257 e. The normalized spacial score (nSPS) is 13.2. The molecular formula is C34H37N7O3S. The van der Waals surface area contributed by atoms with E-state index in [1.165, 1.54) is 6.20 Å². The van der Waals surface area contributed by atoms with E-state index in [9.17, 15) is 14.4 Å². The number of aryl methyl sites for hydroxylation is 2. The van der Waals surface area contributed by atoms with Crippen molar-refractivity contribution in [3.05, 3.63) is 117 Å². The number of nitrogens with zero attached hydrogens (tertiary/aromatic N) is 4. The molecule has 11 heteroatoms. The van der Waals surface area contributed by atoms with Gasteiger partial charge in [-0.15, -0.1) is 0 Å². The molecule has 5 rings (SSSR count). The number of carbonyl (C=O) groups excluding carboxylic acids is 2. The SMILES string of the molecule is CCC(C)C(NC(=O)c1cn(CC)c2nc(C)ccc2c1=O)C(=O)NC(Cc1ccccc1)c1n[nH]c(=S)n1-c1ccccc1. The summed E-state index contributed by atoms with van der Waals surface area (Å²) in [6.07, 6.45) is 2.57. The number of rotatable bonds is 11. The maximum absolute atomic E-state index is 14.1. The molecule has 45 heavy (non-hydrogen) atoms. The van der Waals surface area contributed by atoms with Crippen LogP contribution < -0.4 is 16.1 Å². The molecule has 0 bridgehead atoms. The van der Waals surface area contributed by atoms with Crippen molar-refractivity contribution in [2.24, 2.45) is 5.92 Å². The molecular weight excluding hydrogens is 586 g/mol. The molecule has 3 atom stereocenters. The highest BCUT2D eigenvalue weighted by Gasteiger charge is 2.31. The molecule has 232 valence electrons. The quantitative estimate of drug-likeness (QED) is 0.173. The van der Waals surface area contributed by atoms with Gasteiger partial charge in [-0.05, 0) is 68.2 Å². The Balaban J connectivity index is 1.49. The number of nitrogens with one attached hydrogen (secondary N) is 3. The molecule has 3 N–H and O–H groups in total. The predicted octanol–water partition coefficient (Wildman–Crippen LogP) is 5.21. The second-order valence-electron chi connectivity index (χ2n) is 11.1. The fourth-order valence-electron chi connectivity index (χ4n) is 5.37. The molecule has 0 spiro atoms. The van der Waals surface area contributed by atoms with E-state index in [1.54, 1.807) is 21.3 Å². The lowest BCUT2D eigenvalue weighted by Gasteiger charge is -2.27. The van der Waals surface area contributed by atoms with Crippen LogP contribution in [0.2, 0.25) is 0 Å². The Morgan fingerprint density at radius 3 is 2.33 bits per heavy atom. The van der Waals surface area contributed by atoms with Gasteiger partial charge in [0.2, 0.25) is 11.3 Å². The van der Waals surface area contributed by atoms with Crippen molar-refractivity contribution < 1.29 is 9.59 Å². The molecule has 0 fully saturated rings. The van der Waals surface area contributed by atoms with Gasteiger partial charge in [-0.25, -0.2) is 4.98 Å². The van der Waals surface area contributed by atoms with E-state index in [2.05, 4.69) is 25.8 Å². The van der Waals surface area contributed by atoms with Crippen molar-refractivity contribution in [2.75, 3.05) is 0 Å². The standard InChI is InChI=1S/C34H37N7O3S/c1-5-21(3)28(37-32(43)26-20-40(6-2)30-25(29(26)42)18-17-22(4)35-30)33(44)36-27(19-23-13-9-7-10-14-23)31-38-39-34(45)41(31)24-15-11-8-12-16-24/h7-18,20-21,27-28H,5-6,19H2,1-4H3,(H,36,44)(H,37,43)(H,39,45). The van der Waals surface area contributed by atoms with Crippen molar-refractivity contribution in [3.8, 4) is 5.69 Å². The Bertz CT molecular complexity index is 1930. The van der Waals surface area contributed by atoms with Crippen LogP contribution in [0.15, 0.2) is 83.8 Å². The Morgan fingerprint density at radius 1 is 0.978 bits per heavy atom. The van der Waals surface area contributed by atoms with E-state index in [0.717, 1.165) is 16.9 Å². The average molecular weight is 624 g/mol. The van der Waals surface area contributed by atoms with Gasteiger partial charge in [0.25, 0.3) is 5.91 Å². The van der Waals surface area contributed by atoms with Gasteiger partial charge < -0.3 is 15.2 Å². The van der Waals surface area contributed by atoms with Gasteiger partial charge >= 0.3 is 0 Å². The molecule has 3 unspecified atom stereocenters. The minimum atomic E-state index is -0.922. The third-order valence-electron chi connectivity index (χ3n) is 8.05. The molecule has 3 aromatic heterocycles. The lowest BCUT2D eigenvalue weighted by atomic mass is 9.96. The first-order valence-electron chi connectivity index (χ1n) is 15.1. The fourth-order valence-corrected chi connectivity index (χ4v) is 5.62. The zero-order valence-electron chi connectivity index (χ0n) is 25.8. The molecule has 3 heterocycles. The largest absolute Gasteiger partial charge is 0.344 e. The number of amides is 2. The van der Waals surface area contributed by atoms with Crippen LogP contribution in [0.1, 0.15) is 60.7 Å². The highest BCUT2D eigenvalue weighted by molar-refractivity contribution is 7.71. The molecule has 2 aromatic carbocycles. The summed E-state index contributed by atoms with van der Waals surface area (Å²) in [5.41, 5.74) is 2.61. The number of pyridine rings is 2. The Hall–Kier alpha value is -4.90. The number of para-hydroxylation sites is 1. The van der Waals surface area contributed by atoms with Crippen LogP contribution in [-0.2, 0) is 17.8 Å². The second-order valence-corrected chi connectivity index (χ2v) is 11.5. The molecule has 0 radical (unpaired) electrons. The number of aromatic nitrogens is 5. The zero-order chi connectivity index (χ0) is 32.1. The first kappa shape index (κ1) is 31.5. The second kappa shape index (κ2) is 13.8. The Kier molecular flexibility index (Phi) is 9.68. The van der Waals surface area contributed by atoms with Gasteiger partial charge in [0.05, 0.1) is 11.4 Å². The van der Waals surface area contributed by atoms with E-state index in [0.29, 0.717) is 41.0 Å². The van der Waals surface area contributed by atoms with E-state index in [-0.39, 0.29) is 17.4 Å². The summed E-state index contributed by atoms with van der Waals surface area (Å²) in [7, 11) is 0. The van der Waals surface area contributed by atoms with E-state index in [4.69, 9.17) is 12.2 Å². The molecule has 0 aliphatic heterocycles. The average Bonchev–Trinajstić information content (AvgIpc) is 3.44. The molecule has 5 aromatic rings. The minimum absolute atomic E-state index is 0.0399. The predicted molar refractivity (Wildman–Crippen MR) is 177 cm³/mol. The van der Waals surface area contributed by atoms with E-state index >= 15 is 0 Å². The molecule has 0 saturated heterocycles. The number of fused-ring (bicyclic) bond motifs is 1. The van der Waals surface area contributed by atoms with Crippen molar-refractivity contribution in [2.45, 2.75) is 59.2 Å². The topological polar surface area (TPSA) is 127 Å². The summed E-state index contributed by atoms with van der Waals surface area (Å²) in [5, 5.41) is 13.8. The van der Waals surface area contributed by atoms with Gasteiger partial charge in [-0.3, -0.25) is 24.0 Å². The summed E-state index contributed by atoms with van der Waals surface area (Å²) >= 11 is 5.59. The summed E-state index contributed by atoms with van der Waals surface area (Å²) in [6, 6.07) is 21.3. The molecule has 10 nitrogen and oxygen atoms in total. The van der Waals surface area contributed by atoms with Crippen molar-refractivity contribution in [1.29, 1.82) is 0 Å². The maximum atomic E-state index is 14.1. The van der Waals surface area contributed by atoms with Crippen LogP contribution in [0.3, 0.4) is 0 Å². The highest BCUT2D eigenvalue weighted by Crippen LogP contribution is 2.22. The van der Waals surface area contributed by atoms with Crippen LogP contribution >= 0.6 is 12.2 Å². The monoisotopic (exact) mass is 623 g/mol. The molecule has 0 aliphatic rings. The van der Waals surface area contributed by atoms with Gasteiger partial charge in [0.1, 0.15) is 17.3 Å². The van der Waals surface area contributed by atoms with Gasteiger partial charge in [-0.2, -0.15) is 5.10 Å². The highest BCUT2D eigenvalue weighted by atomic mass is 32.1. The number of aromatic amines is 1. The van der Waals surface area contributed by atoms with Crippen LogP contribution in [0.25, 0.3) is 16.7 Å². The number of carbonyl (C=O) groups is 2. The van der Waals surface area contributed by atoms with E-state index < -0.39 is 23.4 Å². The van der Waals surface area contributed by atoms with Crippen LogP contribution in [-0.4, -0.2) is 42.2 Å².